The minimum Gasteiger partial charge on any atom is -0.267 e. The summed E-state index contributed by atoms with van der Waals surface area (Å²) < 4.78 is 1.86. The summed E-state index contributed by atoms with van der Waals surface area (Å²) in [4.78, 5) is 12.9. The number of para-hydroxylation sites is 2. The highest BCUT2D eigenvalue weighted by Crippen LogP contribution is 2.25. The molecule has 0 unspecified atom stereocenters. The molecule has 0 bridgehead atoms. The number of rotatable bonds is 3. The predicted molar refractivity (Wildman–Crippen MR) is 108 cm³/mol. The van der Waals surface area contributed by atoms with E-state index < -0.39 is 0 Å². The molecule has 0 fully saturated rings. The van der Waals surface area contributed by atoms with Gasteiger partial charge >= 0.3 is 0 Å². The summed E-state index contributed by atoms with van der Waals surface area (Å²) in [5, 5.41) is 10.5. The molecule has 3 aromatic rings. The molecule has 5 nitrogen and oxygen atoms in total. The lowest BCUT2D eigenvalue weighted by atomic mass is 10.1. The number of nitrogens with zero attached hydrogens (tertiary/aromatic N) is 4. The number of anilines is 1. The number of aryl methyl sites for hydroxylation is 2. The molecule has 2 aromatic carbocycles. The van der Waals surface area contributed by atoms with Crippen molar-refractivity contribution in [2.75, 3.05) is 5.01 Å². The van der Waals surface area contributed by atoms with Crippen molar-refractivity contribution < 1.29 is 4.79 Å². The quantitative estimate of drug-likeness (QED) is 0.657. The summed E-state index contributed by atoms with van der Waals surface area (Å²) in [6.45, 7) is 5.86. The van der Waals surface area contributed by atoms with Crippen LogP contribution >= 0.6 is 0 Å². The number of hydrogen-bond acceptors (Lipinski definition) is 3. The minimum absolute atomic E-state index is 0.123. The molecule has 0 aliphatic carbocycles. The monoisotopic (exact) mass is 356 g/mol. The number of hydrogen-bond donors (Lipinski definition) is 0. The van der Waals surface area contributed by atoms with Crippen molar-refractivity contribution in [2.24, 2.45) is 5.10 Å². The van der Waals surface area contributed by atoms with Gasteiger partial charge in [-0.3, -0.25) is 4.79 Å². The molecule has 1 amide bonds. The Hall–Kier alpha value is -3.47. The molecule has 1 aliphatic rings. The molecule has 4 rings (SSSR count). The van der Waals surface area contributed by atoms with Gasteiger partial charge in [0.2, 0.25) is 0 Å². The minimum atomic E-state index is -0.123. The molecule has 134 valence electrons. The third-order valence-corrected chi connectivity index (χ3v) is 4.66. The van der Waals surface area contributed by atoms with Crippen molar-refractivity contribution in [3.63, 3.8) is 0 Å². The maximum atomic E-state index is 12.9. The van der Waals surface area contributed by atoms with Gasteiger partial charge in [-0.2, -0.15) is 15.2 Å². The van der Waals surface area contributed by atoms with Crippen LogP contribution < -0.4 is 5.01 Å². The van der Waals surface area contributed by atoms with E-state index in [0.717, 1.165) is 28.2 Å². The number of amides is 1. The maximum Gasteiger partial charge on any atom is 0.280 e. The summed E-state index contributed by atoms with van der Waals surface area (Å²) in [6, 6.07) is 17.5. The molecule has 0 saturated heterocycles. The molecule has 0 saturated carbocycles. The van der Waals surface area contributed by atoms with Crippen LogP contribution in [0.15, 0.2) is 71.5 Å². The summed E-state index contributed by atoms with van der Waals surface area (Å²) in [5.41, 5.74) is 6.00. The van der Waals surface area contributed by atoms with Crippen molar-refractivity contribution in [2.45, 2.75) is 20.8 Å². The van der Waals surface area contributed by atoms with E-state index in [9.17, 15) is 4.79 Å². The van der Waals surface area contributed by atoms with Gasteiger partial charge in [-0.05, 0) is 50.6 Å². The Kier molecular flexibility index (Phi) is 4.20. The van der Waals surface area contributed by atoms with E-state index in [0.29, 0.717) is 11.3 Å². The van der Waals surface area contributed by atoms with E-state index in [1.165, 1.54) is 5.01 Å². The molecule has 0 spiro atoms. The van der Waals surface area contributed by atoms with Crippen molar-refractivity contribution in [1.82, 2.24) is 9.78 Å². The Balaban J connectivity index is 1.70. The van der Waals surface area contributed by atoms with Crippen LogP contribution in [-0.2, 0) is 4.79 Å². The van der Waals surface area contributed by atoms with Crippen molar-refractivity contribution in [3.05, 3.63) is 83.2 Å². The third-order valence-electron chi connectivity index (χ3n) is 4.66. The van der Waals surface area contributed by atoms with E-state index in [4.69, 9.17) is 0 Å². The molecule has 0 atom stereocenters. The van der Waals surface area contributed by atoms with Crippen molar-refractivity contribution >= 4 is 23.4 Å². The topological polar surface area (TPSA) is 50.5 Å². The van der Waals surface area contributed by atoms with Crippen LogP contribution in [-0.4, -0.2) is 21.4 Å². The van der Waals surface area contributed by atoms with E-state index >= 15 is 0 Å². The lowest BCUT2D eigenvalue weighted by Gasteiger charge is -2.10. The standard InChI is InChI=1S/C22H20N4O/c1-15-9-7-8-12-21(15)25-14-18(16(2)23-25)13-20-17(3)24-26(22(20)27)19-10-5-4-6-11-19/h4-14H,1-3H3/b20-13+. The fraction of sp³-hybridized carbons (Fsp3) is 0.136. The van der Waals surface area contributed by atoms with Gasteiger partial charge < -0.3 is 0 Å². The first kappa shape index (κ1) is 17.0. The average Bonchev–Trinajstić information content (AvgIpc) is 3.17. The first-order chi connectivity index (χ1) is 13.0. The van der Waals surface area contributed by atoms with Gasteiger partial charge in [0.25, 0.3) is 5.91 Å². The van der Waals surface area contributed by atoms with E-state index in [2.05, 4.69) is 23.2 Å². The van der Waals surface area contributed by atoms with Crippen LogP contribution in [0.1, 0.15) is 23.7 Å². The number of carbonyl (C=O) groups is 1. The first-order valence-corrected chi connectivity index (χ1v) is 8.83. The summed E-state index contributed by atoms with van der Waals surface area (Å²) in [5.74, 6) is -0.123. The zero-order chi connectivity index (χ0) is 19.0. The van der Waals surface area contributed by atoms with Crippen LogP contribution in [0.4, 0.5) is 5.69 Å². The average molecular weight is 356 g/mol. The first-order valence-electron chi connectivity index (χ1n) is 8.83. The lowest BCUT2D eigenvalue weighted by molar-refractivity contribution is -0.114. The Morgan fingerprint density at radius 2 is 1.63 bits per heavy atom. The highest BCUT2D eigenvalue weighted by Gasteiger charge is 2.28. The van der Waals surface area contributed by atoms with E-state index in [1.54, 1.807) is 0 Å². The van der Waals surface area contributed by atoms with Gasteiger partial charge in [0.1, 0.15) is 0 Å². The molecule has 2 heterocycles. The number of hydrazone groups is 1. The van der Waals surface area contributed by atoms with Crippen LogP contribution in [0, 0.1) is 13.8 Å². The maximum absolute atomic E-state index is 12.9. The number of carbonyl (C=O) groups excluding carboxylic acids is 1. The number of benzene rings is 2. The molecule has 1 aromatic heterocycles. The lowest BCUT2D eigenvalue weighted by Crippen LogP contribution is -2.21. The molecule has 0 radical (unpaired) electrons. The SMILES string of the molecule is CC1=NN(c2ccccc2)C(=O)/C1=C/c1cn(-c2ccccc2C)nc1C. The Morgan fingerprint density at radius 3 is 2.37 bits per heavy atom. The highest BCUT2D eigenvalue weighted by atomic mass is 16.2. The van der Waals surface area contributed by atoms with Crippen LogP contribution in [0.3, 0.4) is 0 Å². The predicted octanol–water partition coefficient (Wildman–Crippen LogP) is 4.30. The second kappa shape index (κ2) is 6.68. The van der Waals surface area contributed by atoms with Gasteiger partial charge in [0.05, 0.1) is 28.4 Å². The normalized spacial score (nSPS) is 15.5. The zero-order valence-electron chi connectivity index (χ0n) is 15.5. The Labute approximate surface area is 158 Å². The Bertz CT molecular complexity index is 1080. The summed E-state index contributed by atoms with van der Waals surface area (Å²) >= 11 is 0. The van der Waals surface area contributed by atoms with Gasteiger partial charge in [-0.25, -0.2) is 4.68 Å². The summed E-state index contributed by atoms with van der Waals surface area (Å²) in [7, 11) is 0. The van der Waals surface area contributed by atoms with Crippen molar-refractivity contribution in [1.29, 1.82) is 0 Å². The van der Waals surface area contributed by atoms with Crippen molar-refractivity contribution in [3.8, 4) is 5.69 Å². The smallest absolute Gasteiger partial charge is 0.267 e. The van der Waals surface area contributed by atoms with Gasteiger partial charge in [0, 0.05) is 11.8 Å². The van der Waals surface area contributed by atoms with Gasteiger partial charge in [0.15, 0.2) is 0 Å². The Morgan fingerprint density at radius 1 is 0.926 bits per heavy atom. The van der Waals surface area contributed by atoms with Crippen LogP contribution in [0.2, 0.25) is 0 Å². The number of aromatic nitrogens is 2. The largest absolute Gasteiger partial charge is 0.280 e. The highest BCUT2D eigenvalue weighted by molar-refractivity contribution is 6.32. The molecular formula is C22H20N4O. The fourth-order valence-electron chi connectivity index (χ4n) is 3.14. The molecular weight excluding hydrogens is 336 g/mol. The summed E-state index contributed by atoms with van der Waals surface area (Å²) in [6.07, 6.45) is 3.83. The molecule has 5 heteroatoms. The molecule has 27 heavy (non-hydrogen) atoms. The van der Waals surface area contributed by atoms with Crippen LogP contribution in [0.25, 0.3) is 11.8 Å². The molecule has 0 N–H and O–H groups in total. The van der Waals surface area contributed by atoms with Gasteiger partial charge in [-0.1, -0.05) is 36.4 Å². The van der Waals surface area contributed by atoms with Crippen LogP contribution in [0.5, 0.6) is 0 Å². The second-order valence-corrected chi connectivity index (χ2v) is 6.60. The molecule has 1 aliphatic heterocycles. The third kappa shape index (κ3) is 3.08. The fourth-order valence-corrected chi connectivity index (χ4v) is 3.14. The van der Waals surface area contributed by atoms with E-state index in [-0.39, 0.29) is 5.91 Å². The van der Waals surface area contributed by atoms with Gasteiger partial charge in [-0.15, -0.1) is 0 Å². The zero-order valence-corrected chi connectivity index (χ0v) is 15.5. The van der Waals surface area contributed by atoms with E-state index in [1.807, 2.05) is 79.3 Å². The second-order valence-electron chi connectivity index (χ2n) is 6.60.